The third-order valence-electron chi connectivity index (χ3n) is 4.63. The number of halogens is 3. The third-order valence-corrected chi connectivity index (χ3v) is 6.40. The van der Waals surface area contributed by atoms with E-state index in [9.17, 15) is 26.4 Å². The van der Waals surface area contributed by atoms with E-state index in [2.05, 4.69) is 5.32 Å². The number of amides is 1. The second kappa shape index (κ2) is 6.51. The van der Waals surface area contributed by atoms with Crippen molar-refractivity contribution < 1.29 is 26.4 Å². The van der Waals surface area contributed by atoms with E-state index in [1.54, 1.807) is 0 Å². The second-order valence-corrected chi connectivity index (χ2v) is 8.74. The van der Waals surface area contributed by atoms with Crippen molar-refractivity contribution >= 4 is 27.1 Å². The Kier molecular flexibility index (Phi) is 4.70. The Balaban J connectivity index is 1.87. The fourth-order valence-electron chi connectivity index (χ4n) is 3.28. The van der Waals surface area contributed by atoms with Crippen LogP contribution in [0.2, 0.25) is 0 Å². The van der Waals surface area contributed by atoms with Crippen molar-refractivity contribution in [2.75, 3.05) is 34.8 Å². The lowest BCUT2D eigenvalue weighted by Gasteiger charge is -2.23. The Morgan fingerprint density at radius 3 is 2.44 bits per heavy atom. The summed E-state index contributed by atoms with van der Waals surface area (Å²) in [6.07, 6.45) is -2.43. The molecule has 1 atom stereocenters. The van der Waals surface area contributed by atoms with Gasteiger partial charge in [0.1, 0.15) is 0 Å². The van der Waals surface area contributed by atoms with Crippen LogP contribution in [0.4, 0.5) is 24.5 Å². The fraction of sp³-hybridized carbons (Fsp3) is 0.562. The molecule has 9 heteroatoms. The van der Waals surface area contributed by atoms with Gasteiger partial charge in [-0.15, -0.1) is 0 Å². The first-order chi connectivity index (χ1) is 11.7. The Morgan fingerprint density at radius 2 is 1.88 bits per heavy atom. The summed E-state index contributed by atoms with van der Waals surface area (Å²) < 4.78 is 62.1. The van der Waals surface area contributed by atoms with Gasteiger partial charge in [0.15, 0.2) is 9.84 Å². The van der Waals surface area contributed by atoms with Crippen LogP contribution in [0.5, 0.6) is 0 Å². The normalized spacial score (nSPS) is 23.0. The molecule has 3 rings (SSSR count). The van der Waals surface area contributed by atoms with Crippen molar-refractivity contribution in [1.82, 2.24) is 0 Å². The quantitative estimate of drug-likeness (QED) is 0.881. The van der Waals surface area contributed by atoms with Crippen LogP contribution in [0.3, 0.4) is 0 Å². The molecular weight excluding hydrogens is 357 g/mol. The third kappa shape index (κ3) is 4.08. The number of nitrogens with one attached hydrogen (secondary N) is 1. The summed E-state index contributed by atoms with van der Waals surface area (Å²) in [6.45, 7) is 1.43. The number of rotatable bonds is 3. The molecule has 1 aromatic rings. The second-order valence-electron chi connectivity index (χ2n) is 6.51. The first-order valence-corrected chi connectivity index (χ1v) is 9.95. The standard InChI is InChI=1S/C16H19F3N2O3S/c17-16(18,19)12-3-4-14(21-6-1-2-7-21)13(9-12)20-15(22)11-5-8-25(23,24)10-11/h3-4,9,11H,1-2,5-8,10H2,(H,20,22)/t11-/m0/s1. The van der Waals surface area contributed by atoms with Crippen LogP contribution in [0.1, 0.15) is 24.8 Å². The minimum absolute atomic E-state index is 0.0628. The van der Waals surface area contributed by atoms with Crippen LogP contribution < -0.4 is 10.2 Å². The molecule has 2 fully saturated rings. The van der Waals surface area contributed by atoms with Crippen LogP contribution in [0.15, 0.2) is 18.2 Å². The van der Waals surface area contributed by atoms with Gasteiger partial charge in [0.2, 0.25) is 5.91 Å². The molecule has 138 valence electrons. The largest absolute Gasteiger partial charge is 0.416 e. The summed E-state index contributed by atoms with van der Waals surface area (Å²) in [4.78, 5) is 14.3. The van der Waals surface area contributed by atoms with Gasteiger partial charge in [-0.2, -0.15) is 13.2 Å². The molecule has 0 saturated carbocycles. The highest BCUT2D eigenvalue weighted by Gasteiger charge is 2.35. The van der Waals surface area contributed by atoms with Crippen LogP contribution in [0, 0.1) is 5.92 Å². The summed E-state index contributed by atoms with van der Waals surface area (Å²) in [7, 11) is -3.24. The number of benzene rings is 1. The Labute approximate surface area is 144 Å². The maximum atomic E-state index is 13.0. The molecule has 25 heavy (non-hydrogen) atoms. The molecule has 1 N–H and O–H groups in total. The van der Waals surface area contributed by atoms with Gasteiger partial charge in [-0.1, -0.05) is 0 Å². The average Bonchev–Trinajstić information content (AvgIpc) is 3.15. The van der Waals surface area contributed by atoms with Gasteiger partial charge < -0.3 is 10.2 Å². The van der Waals surface area contributed by atoms with Gasteiger partial charge in [-0.25, -0.2) is 8.42 Å². The van der Waals surface area contributed by atoms with Gasteiger partial charge in [0, 0.05) is 13.1 Å². The van der Waals surface area contributed by atoms with E-state index in [4.69, 9.17) is 0 Å². The van der Waals surface area contributed by atoms with Crippen molar-refractivity contribution in [3.63, 3.8) is 0 Å². The lowest BCUT2D eigenvalue weighted by atomic mass is 10.1. The van der Waals surface area contributed by atoms with E-state index < -0.39 is 33.4 Å². The summed E-state index contributed by atoms with van der Waals surface area (Å²) in [6, 6.07) is 3.30. The molecule has 1 amide bonds. The van der Waals surface area contributed by atoms with Gasteiger partial charge in [0.25, 0.3) is 0 Å². The van der Waals surface area contributed by atoms with Crippen LogP contribution in [0.25, 0.3) is 0 Å². The molecule has 0 spiro atoms. The van der Waals surface area contributed by atoms with E-state index in [0.717, 1.165) is 25.0 Å². The van der Waals surface area contributed by atoms with E-state index >= 15 is 0 Å². The van der Waals surface area contributed by atoms with E-state index in [1.807, 2.05) is 4.90 Å². The highest BCUT2D eigenvalue weighted by Crippen LogP contribution is 2.37. The Morgan fingerprint density at radius 1 is 1.20 bits per heavy atom. The molecule has 0 unspecified atom stereocenters. The van der Waals surface area contributed by atoms with Gasteiger partial charge in [0.05, 0.1) is 34.4 Å². The molecule has 2 heterocycles. The molecule has 2 aliphatic heterocycles. The first-order valence-electron chi connectivity index (χ1n) is 8.13. The van der Waals surface area contributed by atoms with Crippen molar-refractivity contribution in [3.8, 4) is 0 Å². The minimum atomic E-state index is -4.51. The maximum absolute atomic E-state index is 13.0. The SMILES string of the molecule is O=C(Nc1cc(C(F)(F)F)ccc1N1CCCC1)[C@H]1CCS(=O)(=O)C1. The summed E-state index contributed by atoms with van der Waals surface area (Å²) in [5.41, 5.74) is -0.212. The van der Waals surface area contributed by atoms with Crippen molar-refractivity contribution in [2.24, 2.45) is 5.92 Å². The molecule has 5 nitrogen and oxygen atoms in total. The molecular formula is C16H19F3N2O3S. The average molecular weight is 376 g/mol. The van der Waals surface area contributed by atoms with Gasteiger partial charge >= 0.3 is 6.18 Å². The van der Waals surface area contributed by atoms with E-state index in [1.165, 1.54) is 6.07 Å². The van der Waals surface area contributed by atoms with Gasteiger partial charge in [-0.3, -0.25) is 4.79 Å². The molecule has 0 radical (unpaired) electrons. The van der Waals surface area contributed by atoms with Crippen molar-refractivity contribution in [1.29, 1.82) is 0 Å². The number of hydrogen-bond acceptors (Lipinski definition) is 4. The highest BCUT2D eigenvalue weighted by molar-refractivity contribution is 7.91. The van der Waals surface area contributed by atoms with E-state index in [0.29, 0.717) is 18.8 Å². The number of carbonyl (C=O) groups excluding carboxylic acids is 1. The smallest absolute Gasteiger partial charge is 0.370 e. The maximum Gasteiger partial charge on any atom is 0.416 e. The number of sulfone groups is 1. The summed E-state index contributed by atoms with van der Waals surface area (Å²) in [5.74, 6) is -1.57. The summed E-state index contributed by atoms with van der Waals surface area (Å²) in [5, 5.41) is 2.53. The fourth-order valence-corrected chi connectivity index (χ4v) is 5.02. The minimum Gasteiger partial charge on any atom is -0.370 e. The molecule has 1 aromatic carbocycles. The van der Waals surface area contributed by atoms with E-state index in [-0.39, 0.29) is 23.6 Å². The first kappa shape index (κ1) is 18.0. The molecule has 2 aliphatic rings. The van der Waals surface area contributed by atoms with Crippen molar-refractivity contribution in [2.45, 2.75) is 25.4 Å². The molecule has 0 bridgehead atoms. The Hall–Kier alpha value is -1.77. The highest BCUT2D eigenvalue weighted by atomic mass is 32.2. The number of alkyl halides is 3. The lowest BCUT2D eigenvalue weighted by Crippen LogP contribution is -2.26. The van der Waals surface area contributed by atoms with Gasteiger partial charge in [-0.05, 0) is 37.5 Å². The van der Waals surface area contributed by atoms with Crippen LogP contribution in [-0.2, 0) is 20.8 Å². The number of hydrogen-bond donors (Lipinski definition) is 1. The predicted molar refractivity (Wildman–Crippen MR) is 88.3 cm³/mol. The Bertz CT molecular complexity index is 771. The molecule has 2 saturated heterocycles. The zero-order valence-corrected chi connectivity index (χ0v) is 14.3. The number of nitrogens with zero attached hydrogens (tertiary/aromatic N) is 1. The molecule has 0 aliphatic carbocycles. The van der Waals surface area contributed by atoms with Crippen LogP contribution in [-0.4, -0.2) is 38.9 Å². The number of carbonyl (C=O) groups is 1. The molecule has 0 aromatic heterocycles. The number of anilines is 2. The predicted octanol–water partition coefficient (Wildman–Crippen LogP) is 2.68. The van der Waals surface area contributed by atoms with Crippen LogP contribution >= 0.6 is 0 Å². The summed E-state index contributed by atoms with van der Waals surface area (Å²) >= 11 is 0. The zero-order valence-electron chi connectivity index (χ0n) is 13.5. The topological polar surface area (TPSA) is 66.5 Å². The lowest BCUT2D eigenvalue weighted by molar-refractivity contribution is -0.137. The monoisotopic (exact) mass is 376 g/mol. The zero-order chi connectivity index (χ0) is 18.2. The van der Waals surface area contributed by atoms with Crippen molar-refractivity contribution in [3.05, 3.63) is 23.8 Å².